The Morgan fingerprint density at radius 1 is 1.33 bits per heavy atom. The van der Waals surface area contributed by atoms with Crippen molar-refractivity contribution < 1.29 is 14.3 Å². The van der Waals surface area contributed by atoms with Crippen molar-refractivity contribution >= 4 is 21.8 Å². The van der Waals surface area contributed by atoms with Gasteiger partial charge in [-0.25, -0.2) is 0 Å². The Labute approximate surface area is 115 Å². The number of halogens is 1. The third-order valence-electron chi connectivity index (χ3n) is 2.32. The topological polar surface area (TPSA) is 59.6 Å². The van der Waals surface area contributed by atoms with Crippen molar-refractivity contribution in [2.45, 2.75) is 6.54 Å². The van der Waals surface area contributed by atoms with Gasteiger partial charge < -0.3 is 20.1 Å². The average Bonchev–Trinajstić information content (AvgIpc) is 2.36. The van der Waals surface area contributed by atoms with Gasteiger partial charge in [0, 0.05) is 6.54 Å². The molecule has 5 nitrogen and oxygen atoms in total. The summed E-state index contributed by atoms with van der Waals surface area (Å²) in [5.41, 5.74) is 0.934. The van der Waals surface area contributed by atoms with Gasteiger partial charge in [0.05, 0.1) is 25.2 Å². The average molecular weight is 317 g/mol. The van der Waals surface area contributed by atoms with Crippen LogP contribution in [0.25, 0.3) is 0 Å². The largest absolute Gasteiger partial charge is 0.493 e. The molecule has 0 aliphatic rings. The number of carbonyl (C=O) groups is 1. The summed E-state index contributed by atoms with van der Waals surface area (Å²) in [6, 6.07) is 3.73. The van der Waals surface area contributed by atoms with Crippen LogP contribution in [0.4, 0.5) is 0 Å². The van der Waals surface area contributed by atoms with E-state index in [2.05, 4.69) is 26.6 Å². The van der Waals surface area contributed by atoms with Gasteiger partial charge in [0.2, 0.25) is 5.91 Å². The van der Waals surface area contributed by atoms with E-state index in [4.69, 9.17) is 9.47 Å². The second-order valence-electron chi connectivity index (χ2n) is 3.62. The van der Waals surface area contributed by atoms with Crippen LogP contribution in [0.2, 0.25) is 0 Å². The van der Waals surface area contributed by atoms with Crippen LogP contribution in [-0.4, -0.2) is 33.7 Å². The van der Waals surface area contributed by atoms with Crippen LogP contribution in [0, 0.1) is 0 Å². The minimum absolute atomic E-state index is 0.0524. The molecule has 18 heavy (non-hydrogen) atoms. The van der Waals surface area contributed by atoms with Crippen molar-refractivity contribution in [1.29, 1.82) is 0 Å². The van der Waals surface area contributed by atoms with Crippen LogP contribution in [0.15, 0.2) is 16.6 Å². The maximum Gasteiger partial charge on any atom is 0.234 e. The molecule has 1 aromatic rings. The number of carbonyl (C=O) groups excluding carboxylic acids is 1. The van der Waals surface area contributed by atoms with Gasteiger partial charge in [0.15, 0.2) is 11.5 Å². The lowest BCUT2D eigenvalue weighted by molar-refractivity contribution is -0.120. The molecule has 1 aromatic carbocycles. The zero-order chi connectivity index (χ0) is 13.5. The fourth-order valence-electron chi connectivity index (χ4n) is 1.50. The van der Waals surface area contributed by atoms with Gasteiger partial charge in [-0.15, -0.1) is 0 Å². The molecule has 0 aliphatic carbocycles. The van der Waals surface area contributed by atoms with Gasteiger partial charge in [-0.3, -0.25) is 4.79 Å². The molecule has 2 N–H and O–H groups in total. The molecule has 0 fully saturated rings. The van der Waals surface area contributed by atoms with E-state index in [0.29, 0.717) is 24.6 Å². The van der Waals surface area contributed by atoms with Gasteiger partial charge in [-0.2, -0.15) is 0 Å². The summed E-state index contributed by atoms with van der Waals surface area (Å²) in [4.78, 5) is 11.3. The number of nitrogens with one attached hydrogen (secondary N) is 2. The van der Waals surface area contributed by atoms with Crippen molar-refractivity contribution in [1.82, 2.24) is 10.6 Å². The van der Waals surface area contributed by atoms with Crippen molar-refractivity contribution in [2.75, 3.05) is 27.8 Å². The van der Waals surface area contributed by atoms with Crippen LogP contribution in [-0.2, 0) is 11.3 Å². The first-order valence-corrected chi connectivity index (χ1v) is 6.23. The Kier molecular flexibility index (Phi) is 5.94. The number of hydrogen-bond acceptors (Lipinski definition) is 4. The highest BCUT2D eigenvalue weighted by atomic mass is 79.9. The Morgan fingerprint density at radius 2 is 2.06 bits per heavy atom. The summed E-state index contributed by atoms with van der Waals surface area (Å²) in [5.74, 6) is 1.22. The van der Waals surface area contributed by atoms with Gasteiger partial charge in [-0.1, -0.05) is 0 Å². The number of rotatable bonds is 6. The van der Waals surface area contributed by atoms with E-state index in [0.717, 1.165) is 10.0 Å². The van der Waals surface area contributed by atoms with Crippen molar-refractivity contribution in [2.24, 2.45) is 0 Å². The molecule has 0 heterocycles. The Balaban J connectivity index is 2.78. The maximum absolute atomic E-state index is 11.3. The second kappa shape index (κ2) is 7.23. The molecule has 0 atom stereocenters. The van der Waals surface area contributed by atoms with E-state index < -0.39 is 0 Å². The Bertz CT molecular complexity index is 424. The molecule has 1 rings (SSSR count). The molecule has 6 heteroatoms. The number of benzene rings is 1. The number of likely N-dealkylation sites (N-methyl/N-ethyl adjacent to an activating group) is 1. The fraction of sp³-hybridized carbons (Fsp3) is 0.417. The van der Waals surface area contributed by atoms with E-state index in [9.17, 15) is 4.79 Å². The summed E-state index contributed by atoms with van der Waals surface area (Å²) in [5, 5.41) is 5.59. The quantitative estimate of drug-likeness (QED) is 0.830. The van der Waals surface area contributed by atoms with Crippen LogP contribution in [0.5, 0.6) is 11.5 Å². The van der Waals surface area contributed by atoms with Gasteiger partial charge in [0.1, 0.15) is 0 Å². The predicted octanol–water partition coefficient (Wildman–Crippen LogP) is 1.30. The summed E-state index contributed by atoms with van der Waals surface area (Å²) in [6.07, 6.45) is 0. The van der Waals surface area contributed by atoms with Gasteiger partial charge >= 0.3 is 0 Å². The van der Waals surface area contributed by atoms with Crippen LogP contribution >= 0.6 is 15.9 Å². The highest BCUT2D eigenvalue weighted by Crippen LogP contribution is 2.36. The van der Waals surface area contributed by atoms with Crippen molar-refractivity contribution in [3.8, 4) is 11.5 Å². The summed E-state index contributed by atoms with van der Waals surface area (Å²) in [6.45, 7) is 0.744. The molecule has 0 bridgehead atoms. The highest BCUT2D eigenvalue weighted by Gasteiger charge is 2.10. The minimum Gasteiger partial charge on any atom is -0.493 e. The van der Waals surface area contributed by atoms with E-state index >= 15 is 0 Å². The molecule has 0 aliphatic heterocycles. The lowest BCUT2D eigenvalue weighted by Crippen LogP contribution is -2.31. The molecule has 100 valence electrons. The van der Waals surface area contributed by atoms with Gasteiger partial charge in [-0.05, 0) is 40.7 Å². The molecule has 0 radical (unpaired) electrons. The molecular formula is C12H17BrN2O3. The van der Waals surface area contributed by atoms with E-state index in [1.165, 1.54) is 0 Å². The highest BCUT2D eigenvalue weighted by molar-refractivity contribution is 9.10. The van der Waals surface area contributed by atoms with Crippen LogP contribution < -0.4 is 20.1 Å². The smallest absolute Gasteiger partial charge is 0.234 e. The SMILES string of the molecule is CNCC(=O)NCc1cc(Br)c(OC)c(OC)c1. The standard InChI is InChI=1S/C12H17BrN2O3/c1-14-7-11(16)15-6-8-4-9(13)12(18-3)10(5-8)17-2/h4-5,14H,6-7H2,1-3H3,(H,15,16). The van der Waals surface area contributed by atoms with Gasteiger partial charge in [0.25, 0.3) is 0 Å². The van der Waals surface area contributed by atoms with Crippen LogP contribution in [0.1, 0.15) is 5.56 Å². The summed E-state index contributed by atoms with van der Waals surface area (Å²) < 4.78 is 11.2. The Morgan fingerprint density at radius 3 is 2.61 bits per heavy atom. The molecule has 0 spiro atoms. The van der Waals surface area contributed by atoms with E-state index in [1.807, 2.05) is 12.1 Å². The lowest BCUT2D eigenvalue weighted by atomic mass is 10.2. The van der Waals surface area contributed by atoms with E-state index in [-0.39, 0.29) is 5.91 Å². The van der Waals surface area contributed by atoms with Crippen molar-refractivity contribution in [3.63, 3.8) is 0 Å². The summed E-state index contributed by atoms with van der Waals surface area (Å²) in [7, 11) is 4.89. The molecule has 0 aromatic heterocycles. The predicted molar refractivity (Wildman–Crippen MR) is 73.0 cm³/mol. The maximum atomic E-state index is 11.3. The molecule has 0 saturated heterocycles. The number of ether oxygens (including phenoxy) is 2. The first kappa shape index (κ1) is 14.8. The first-order chi connectivity index (χ1) is 8.62. The molecular weight excluding hydrogens is 300 g/mol. The van der Waals surface area contributed by atoms with Crippen molar-refractivity contribution in [3.05, 3.63) is 22.2 Å². The zero-order valence-corrected chi connectivity index (χ0v) is 12.3. The molecule has 0 saturated carbocycles. The minimum atomic E-state index is -0.0524. The first-order valence-electron chi connectivity index (χ1n) is 5.44. The number of amides is 1. The third-order valence-corrected chi connectivity index (χ3v) is 2.91. The molecule has 1 amide bonds. The third kappa shape index (κ3) is 3.89. The number of hydrogen-bond donors (Lipinski definition) is 2. The summed E-state index contributed by atoms with van der Waals surface area (Å²) >= 11 is 3.41. The molecule has 0 unspecified atom stereocenters. The normalized spacial score (nSPS) is 10.0. The zero-order valence-electron chi connectivity index (χ0n) is 10.7. The van der Waals surface area contributed by atoms with Crippen LogP contribution in [0.3, 0.4) is 0 Å². The number of methoxy groups -OCH3 is 2. The monoisotopic (exact) mass is 316 g/mol. The van der Waals surface area contributed by atoms with E-state index in [1.54, 1.807) is 21.3 Å². The lowest BCUT2D eigenvalue weighted by Gasteiger charge is -2.12. The second-order valence-corrected chi connectivity index (χ2v) is 4.47. The Hall–Kier alpha value is -1.27. The fourth-order valence-corrected chi connectivity index (χ4v) is 2.15.